The van der Waals surface area contributed by atoms with Crippen LogP contribution in [0.15, 0.2) is 23.0 Å². The predicted molar refractivity (Wildman–Crippen MR) is 42.2 cm³/mol. The first-order valence-electron chi connectivity index (χ1n) is 3.67. The van der Waals surface area contributed by atoms with Crippen molar-refractivity contribution in [2.75, 3.05) is 0 Å². The SMILES string of the molecule is Cc1noc(-c2ccncc2F)n1. The Labute approximate surface area is 73.4 Å². The van der Waals surface area contributed by atoms with Gasteiger partial charge in [-0.05, 0) is 13.0 Å². The van der Waals surface area contributed by atoms with Crippen LogP contribution >= 0.6 is 0 Å². The standard InChI is InChI=1S/C8H6FN3O/c1-5-11-8(13-12-5)6-2-3-10-4-7(6)9/h2-4H,1H3. The summed E-state index contributed by atoms with van der Waals surface area (Å²) in [6.07, 6.45) is 2.58. The van der Waals surface area contributed by atoms with Gasteiger partial charge in [-0.25, -0.2) is 4.39 Å². The first kappa shape index (κ1) is 7.85. The minimum atomic E-state index is -0.467. The summed E-state index contributed by atoms with van der Waals surface area (Å²) in [5, 5.41) is 3.56. The van der Waals surface area contributed by atoms with Gasteiger partial charge in [-0.3, -0.25) is 4.98 Å². The molecule has 0 radical (unpaired) electrons. The molecule has 4 nitrogen and oxygen atoms in total. The van der Waals surface area contributed by atoms with E-state index in [1.807, 2.05) is 0 Å². The molecule has 0 aromatic carbocycles. The highest BCUT2D eigenvalue weighted by Crippen LogP contribution is 2.18. The normalized spacial score (nSPS) is 10.3. The highest BCUT2D eigenvalue weighted by atomic mass is 19.1. The van der Waals surface area contributed by atoms with E-state index in [4.69, 9.17) is 4.52 Å². The molecule has 2 rings (SSSR count). The van der Waals surface area contributed by atoms with E-state index in [2.05, 4.69) is 15.1 Å². The van der Waals surface area contributed by atoms with Crippen LogP contribution in [0.3, 0.4) is 0 Å². The van der Waals surface area contributed by atoms with Crippen molar-refractivity contribution in [2.24, 2.45) is 0 Å². The van der Waals surface area contributed by atoms with Crippen LogP contribution in [0.2, 0.25) is 0 Å². The van der Waals surface area contributed by atoms with Gasteiger partial charge in [-0.15, -0.1) is 0 Å². The Morgan fingerprint density at radius 2 is 2.31 bits per heavy atom. The third kappa shape index (κ3) is 1.40. The summed E-state index contributed by atoms with van der Waals surface area (Å²) >= 11 is 0. The molecule has 0 N–H and O–H groups in total. The maximum atomic E-state index is 13.1. The minimum Gasteiger partial charge on any atom is -0.334 e. The van der Waals surface area contributed by atoms with Gasteiger partial charge < -0.3 is 4.52 Å². The smallest absolute Gasteiger partial charge is 0.260 e. The van der Waals surface area contributed by atoms with Crippen LogP contribution in [0, 0.1) is 12.7 Å². The van der Waals surface area contributed by atoms with Crippen molar-refractivity contribution < 1.29 is 8.91 Å². The van der Waals surface area contributed by atoms with Crippen LogP contribution in [0.5, 0.6) is 0 Å². The number of rotatable bonds is 1. The average Bonchev–Trinajstić information content (AvgIpc) is 2.53. The van der Waals surface area contributed by atoms with E-state index in [0.29, 0.717) is 5.82 Å². The zero-order valence-electron chi connectivity index (χ0n) is 6.86. The van der Waals surface area contributed by atoms with Gasteiger partial charge in [0.05, 0.1) is 11.8 Å². The van der Waals surface area contributed by atoms with E-state index in [-0.39, 0.29) is 11.5 Å². The molecule has 0 aliphatic heterocycles. The molecular weight excluding hydrogens is 173 g/mol. The highest BCUT2D eigenvalue weighted by molar-refractivity contribution is 5.52. The fraction of sp³-hybridized carbons (Fsp3) is 0.125. The molecule has 66 valence electrons. The molecule has 0 fully saturated rings. The summed E-state index contributed by atoms with van der Waals surface area (Å²) < 4.78 is 17.9. The Balaban J connectivity index is 2.52. The topological polar surface area (TPSA) is 51.8 Å². The fourth-order valence-electron chi connectivity index (χ4n) is 0.955. The monoisotopic (exact) mass is 179 g/mol. The number of halogens is 1. The molecule has 2 heterocycles. The van der Waals surface area contributed by atoms with Crippen molar-refractivity contribution in [1.82, 2.24) is 15.1 Å². The molecule has 5 heteroatoms. The van der Waals surface area contributed by atoms with E-state index in [9.17, 15) is 4.39 Å². The van der Waals surface area contributed by atoms with Crippen LogP contribution < -0.4 is 0 Å². The van der Waals surface area contributed by atoms with Crippen molar-refractivity contribution in [3.8, 4) is 11.5 Å². The quantitative estimate of drug-likeness (QED) is 0.666. The third-order valence-corrected chi connectivity index (χ3v) is 1.53. The van der Waals surface area contributed by atoms with Gasteiger partial charge in [0.1, 0.15) is 0 Å². The van der Waals surface area contributed by atoms with E-state index in [1.54, 1.807) is 6.92 Å². The average molecular weight is 179 g/mol. The Morgan fingerprint density at radius 1 is 1.46 bits per heavy atom. The van der Waals surface area contributed by atoms with E-state index >= 15 is 0 Å². The Kier molecular flexibility index (Phi) is 1.77. The van der Waals surface area contributed by atoms with E-state index < -0.39 is 5.82 Å². The van der Waals surface area contributed by atoms with Gasteiger partial charge in [-0.1, -0.05) is 5.16 Å². The van der Waals surface area contributed by atoms with Crippen LogP contribution in [0.4, 0.5) is 4.39 Å². The van der Waals surface area contributed by atoms with E-state index in [1.165, 1.54) is 12.3 Å². The van der Waals surface area contributed by atoms with Crippen molar-refractivity contribution in [1.29, 1.82) is 0 Å². The highest BCUT2D eigenvalue weighted by Gasteiger charge is 2.10. The third-order valence-electron chi connectivity index (χ3n) is 1.53. The van der Waals surface area contributed by atoms with Gasteiger partial charge in [0.2, 0.25) is 0 Å². The van der Waals surface area contributed by atoms with Gasteiger partial charge in [0.25, 0.3) is 5.89 Å². The molecule has 0 unspecified atom stereocenters. The number of hydrogen-bond donors (Lipinski definition) is 0. The Bertz CT molecular complexity index is 427. The number of aromatic nitrogens is 3. The molecule has 0 saturated carbocycles. The van der Waals surface area contributed by atoms with Crippen LogP contribution in [-0.4, -0.2) is 15.1 Å². The van der Waals surface area contributed by atoms with Crippen LogP contribution in [0.1, 0.15) is 5.82 Å². The van der Waals surface area contributed by atoms with Gasteiger partial charge in [0, 0.05) is 6.20 Å². The molecule has 0 saturated heterocycles. The molecule has 2 aromatic heterocycles. The Hall–Kier alpha value is -1.78. The second kappa shape index (κ2) is 2.93. The lowest BCUT2D eigenvalue weighted by atomic mass is 10.2. The molecule has 13 heavy (non-hydrogen) atoms. The maximum absolute atomic E-state index is 13.1. The van der Waals surface area contributed by atoms with Crippen molar-refractivity contribution in [2.45, 2.75) is 6.92 Å². The lowest BCUT2D eigenvalue weighted by molar-refractivity contribution is 0.423. The number of pyridine rings is 1. The largest absolute Gasteiger partial charge is 0.334 e. The zero-order chi connectivity index (χ0) is 9.26. The molecule has 0 spiro atoms. The van der Waals surface area contributed by atoms with Crippen molar-refractivity contribution >= 4 is 0 Å². The first-order chi connectivity index (χ1) is 6.27. The second-order valence-corrected chi connectivity index (χ2v) is 2.50. The summed E-state index contributed by atoms with van der Waals surface area (Å²) in [6, 6.07) is 1.49. The lowest BCUT2D eigenvalue weighted by Gasteiger charge is -1.93. The second-order valence-electron chi connectivity index (χ2n) is 2.50. The molecule has 0 aliphatic rings. The van der Waals surface area contributed by atoms with Crippen LogP contribution in [0.25, 0.3) is 11.5 Å². The van der Waals surface area contributed by atoms with Crippen LogP contribution in [-0.2, 0) is 0 Å². The van der Waals surface area contributed by atoms with Gasteiger partial charge in [0.15, 0.2) is 11.6 Å². The summed E-state index contributed by atoms with van der Waals surface area (Å²) in [4.78, 5) is 7.51. The predicted octanol–water partition coefficient (Wildman–Crippen LogP) is 1.58. The first-order valence-corrected chi connectivity index (χ1v) is 3.67. The molecule has 0 atom stereocenters. The molecule has 0 aliphatic carbocycles. The summed E-state index contributed by atoms with van der Waals surface area (Å²) in [5.41, 5.74) is 0.274. The summed E-state index contributed by atoms with van der Waals surface area (Å²) in [5.74, 6) is 0.190. The maximum Gasteiger partial charge on any atom is 0.260 e. The Morgan fingerprint density at radius 3 is 2.92 bits per heavy atom. The molecule has 2 aromatic rings. The van der Waals surface area contributed by atoms with Gasteiger partial charge in [-0.2, -0.15) is 4.98 Å². The molecule has 0 amide bonds. The number of nitrogens with zero attached hydrogens (tertiary/aromatic N) is 3. The minimum absolute atomic E-state index is 0.178. The zero-order valence-corrected chi connectivity index (χ0v) is 6.86. The van der Waals surface area contributed by atoms with Crippen molar-refractivity contribution in [3.05, 3.63) is 30.1 Å². The summed E-state index contributed by atoms with van der Waals surface area (Å²) in [7, 11) is 0. The van der Waals surface area contributed by atoms with Crippen molar-refractivity contribution in [3.63, 3.8) is 0 Å². The summed E-state index contributed by atoms with van der Waals surface area (Å²) in [6.45, 7) is 1.67. The number of hydrogen-bond acceptors (Lipinski definition) is 4. The molecular formula is C8H6FN3O. The fourth-order valence-corrected chi connectivity index (χ4v) is 0.955. The van der Waals surface area contributed by atoms with Gasteiger partial charge >= 0.3 is 0 Å². The molecule has 0 bridgehead atoms. The lowest BCUT2D eigenvalue weighted by Crippen LogP contribution is -1.85. The van der Waals surface area contributed by atoms with E-state index in [0.717, 1.165) is 6.20 Å². The number of aryl methyl sites for hydroxylation is 1.